The zero-order valence-electron chi connectivity index (χ0n) is 12.2. The van der Waals surface area contributed by atoms with Crippen molar-refractivity contribution >= 4 is 6.29 Å². The zero-order chi connectivity index (χ0) is 15.4. The first-order chi connectivity index (χ1) is 10.8. The summed E-state index contributed by atoms with van der Waals surface area (Å²) in [6, 6.07) is 6.86. The van der Waals surface area contributed by atoms with Crippen LogP contribution in [0, 0.1) is 0 Å². The maximum atomic E-state index is 10.7. The summed E-state index contributed by atoms with van der Waals surface area (Å²) in [6.45, 7) is 0. The van der Waals surface area contributed by atoms with Crippen molar-refractivity contribution < 1.29 is 14.6 Å². The van der Waals surface area contributed by atoms with Crippen molar-refractivity contribution in [2.75, 3.05) is 0 Å². The van der Waals surface area contributed by atoms with Gasteiger partial charge >= 0.3 is 0 Å². The lowest BCUT2D eigenvalue weighted by atomic mass is 9.85. The Bertz CT molecular complexity index is 643. The number of carbonyl (C=O) groups excluding carboxylic acids is 1. The number of nitrogens with zero attached hydrogens (tertiary/aromatic N) is 2. The number of aromatic nitrogens is 2. The van der Waals surface area contributed by atoms with Gasteiger partial charge in [-0.25, -0.2) is 4.98 Å². The van der Waals surface area contributed by atoms with Crippen molar-refractivity contribution in [1.29, 1.82) is 0 Å². The first-order valence-corrected chi connectivity index (χ1v) is 7.48. The fraction of sp³-hybridized carbons (Fsp3) is 0.353. The molecule has 5 nitrogen and oxygen atoms in total. The third-order valence-electron chi connectivity index (χ3n) is 3.96. The lowest BCUT2D eigenvalue weighted by Gasteiger charge is -2.26. The van der Waals surface area contributed by atoms with Crippen molar-refractivity contribution in [3.8, 4) is 11.6 Å². The molecule has 0 saturated heterocycles. The van der Waals surface area contributed by atoms with Crippen molar-refractivity contribution in [3.63, 3.8) is 0 Å². The highest BCUT2D eigenvalue weighted by atomic mass is 16.5. The van der Waals surface area contributed by atoms with Crippen LogP contribution in [0.4, 0.5) is 0 Å². The van der Waals surface area contributed by atoms with Crippen LogP contribution < -0.4 is 4.74 Å². The molecule has 2 atom stereocenters. The molecule has 1 aliphatic rings. The molecule has 114 valence electrons. The van der Waals surface area contributed by atoms with E-state index in [2.05, 4.69) is 9.97 Å². The van der Waals surface area contributed by atoms with Gasteiger partial charge in [-0.2, -0.15) is 0 Å². The fourth-order valence-electron chi connectivity index (χ4n) is 2.83. The molecule has 1 fully saturated rings. The monoisotopic (exact) mass is 298 g/mol. The summed E-state index contributed by atoms with van der Waals surface area (Å²) in [5.41, 5.74) is 1.39. The van der Waals surface area contributed by atoms with Gasteiger partial charge in [0.15, 0.2) is 0 Å². The van der Waals surface area contributed by atoms with Gasteiger partial charge in [0, 0.05) is 23.9 Å². The minimum atomic E-state index is -0.277. The van der Waals surface area contributed by atoms with Crippen LogP contribution in [0.2, 0.25) is 0 Å². The molecular weight excluding hydrogens is 280 g/mol. The van der Waals surface area contributed by atoms with Gasteiger partial charge in [-0.05, 0) is 43.5 Å². The molecule has 0 radical (unpaired) electrons. The lowest BCUT2D eigenvalue weighted by molar-refractivity contribution is 0.112. The van der Waals surface area contributed by atoms with Gasteiger partial charge < -0.3 is 9.84 Å². The molecule has 2 aromatic rings. The largest absolute Gasteiger partial charge is 0.437 e. The van der Waals surface area contributed by atoms with Crippen LogP contribution in [0.15, 0.2) is 36.7 Å². The predicted octanol–water partition coefficient (Wildman–Crippen LogP) is 3.10. The molecule has 1 aromatic carbocycles. The molecule has 3 rings (SSSR count). The fourth-order valence-corrected chi connectivity index (χ4v) is 2.83. The number of rotatable bonds is 4. The molecule has 2 unspecified atom stereocenters. The number of hydrogen-bond donors (Lipinski definition) is 1. The molecule has 5 heteroatoms. The SMILES string of the molecule is O=Cc1ccc(Oc2nccnc2C2CCCC(O)C2)cc1. The second kappa shape index (κ2) is 6.66. The van der Waals surface area contributed by atoms with E-state index >= 15 is 0 Å². The van der Waals surface area contributed by atoms with Crippen LogP contribution in [0.5, 0.6) is 11.6 Å². The smallest absolute Gasteiger partial charge is 0.241 e. The van der Waals surface area contributed by atoms with E-state index in [1.807, 2.05) is 0 Å². The van der Waals surface area contributed by atoms with Crippen LogP contribution in [0.25, 0.3) is 0 Å². The Labute approximate surface area is 129 Å². The Morgan fingerprint density at radius 3 is 2.64 bits per heavy atom. The summed E-state index contributed by atoms with van der Waals surface area (Å²) in [7, 11) is 0. The molecular formula is C17H18N2O3. The molecule has 1 saturated carbocycles. The molecule has 1 heterocycles. The first kappa shape index (κ1) is 14.7. The number of aliphatic hydroxyl groups excluding tert-OH is 1. The summed E-state index contributed by atoms with van der Waals surface area (Å²) in [5, 5.41) is 9.86. The highest BCUT2D eigenvalue weighted by molar-refractivity contribution is 5.74. The topological polar surface area (TPSA) is 72.3 Å². The van der Waals surface area contributed by atoms with E-state index in [0.717, 1.165) is 31.2 Å². The molecule has 1 aliphatic carbocycles. The molecule has 0 bridgehead atoms. The van der Waals surface area contributed by atoms with Crippen molar-refractivity contribution in [3.05, 3.63) is 47.9 Å². The highest BCUT2D eigenvalue weighted by Crippen LogP contribution is 2.36. The Morgan fingerprint density at radius 2 is 1.91 bits per heavy atom. The van der Waals surface area contributed by atoms with E-state index in [1.165, 1.54) is 0 Å². The summed E-state index contributed by atoms with van der Waals surface area (Å²) >= 11 is 0. The number of aldehydes is 1. The lowest BCUT2D eigenvalue weighted by Crippen LogP contribution is -2.19. The van der Waals surface area contributed by atoms with Crippen molar-refractivity contribution in [1.82, 2.24) is 9.97 Å². The summed E-state index contributed by atoms with van der Waals surface area (Å²) < 4.78 is 5.83. The maximum Gasteiger partial charge on any atom is 0.241 e. The minimum absolute atomic E-state index is 0.168. The van der Waals surface area contributed by atoms with Crippen LogP contribution in [0.1, 0.15) is 47.7 Å². The molecule has 1 aromatic heterocycles. The predicted molar refractivity (Wildman–Crippen MR) is 81.2 cm³/mol. The molecule has 1 N–H and O–H groups in total. The summed E-state index contributed by atoms with van der Waals surface area (Å²) in [5.74, 6) is 1.26. The molecule has 0 amide bonds. The van der Waals surface area contributed by atoms with Crippen LogP contribution in [0.3, 0.4) is 0 Å². The van der Waals surface area contributed by atoms with Gasteiger partial charge in [0.05, 0.1) is 6.10 Å². The van der Waals surface area contributed by atoms with E-state index in [0.29, 0.717) is 23.6 Å². The molecule has 22 heavy (non-hydrogen) atoms. The first-order valence-electron chi connectivity index (χ1n) is 7.48. The average molecular weight is 298 g/mol. The summed E-state index contributed by atoms with van der Waals surface area (Å²) in [6.07, 6.45) is 7.27. The van der Waals surface area contributed by atoms with Gasteiger partial charge in [0.2, 0.25) is 5.88 Å². The zero-order valence-corrected chi connectivity index (χ0v) is 12.2. The number of aliphatic hydroxyl groups is 1. The van der Waals surface area contributed by atoms with Crippen molar-refractivity contribution in [2.45, 2.75) is 37.7 Å². The van der Waals surface area contributed by atoms with Crippen LogP contribution in [-0.2, 0) is 0 Å². The van der Waals surface area contributed by atoms with E-state index in [4.69, 9.17) is 4.74 Å². The minimum Gasteiger partial charge on any atom is -0.437 e. The number of carbonyl (C=O) groups is 1. The van der Waals surface area contributed by atoms with E-state index in [-0.39, 0.29) is 12.0 Å². The summed E-state index contributed by atoms with van der Waals surface area (Å²) in [4.78, 5) is 19.4. The third-order valence-corrected chi connectivity index (χ3v) is 3.96. The van der Waals surface area contributed by atoms with Crippen LogP contribution >= 0.6 is 0 Å². The Morgan fingerprint density at radius 1 is 1.14 bits per heavy atom. The number of ether oxygens (including phenoxy) is 1. The Balaban J connectivity index is 1.82. The molecule has 0 aliphatic heterocycles. The second-order valence-corrected chi connectivity index (χ2v) is 5.55. The number of benzene rings is 1. The van der Waals surface area contributed by atoms with Crippen LogP contribution in [-0.4, -0.2) is 27.5 Å². The molecule has 0 spiro atoms. The van der Waals surface area contributed by atoms with Gasteiger partial charge in [0.1, 0.15) is 17.7 Å². The van der Waals surface area contributed by atoms with Gasteiger partial charge in [-0.15, -0.1) is 0 Å². The second-order valence-electron chi connectivity index (χ2n) is 5.55. The van der Waals surface area contributed by atoms with Gasteiger partial charge in [-0.1, -0.05) is 6.42 Å². The Hall–Kier alpha value is -2.27. The van der Waals surface area contributed by atoms with Gasteiger partial charge in [-0.3, -0.25) is 9.78 Å². The van der Waals surface area contributed by atoms with E-state index in [1.54, 1.807) is 36.7 Å². The number of hydrogen-bond acceptors (Lipinski definition) is 5. The normalized spacial score (nSPS) is 21.3. The maximum absolute atomic E-state index is 10.7. The van der Waals surface area contributed by atoms with E-state index in [9.17, 15) is 9.90 Å². The van der Waals surface area contributed by atoms with E-state index < -0.39 is 0 Å². The van der Waals surface area contributed by atoms with Crippen molar-refractivity contribution in [2.24, 2.45) is 0 Å². The Kier molecular flexibility index (Phi) is 4.44. The van der Waals surface area contributed by atoms with Gasteiger partial charge in [0.25, 0.3) is 0 Å². The average Bonchev–Trinajstić information content (AvgIpc) is 2.56. The quantitative estimate of drug-likeness (QED) is 0.878. The highest BCUT2D eigenvalue weighted by Gasteiger charge is 2.26. The third kappa shape index (κ3) is 3.31. The standard InChI is InChI=1S/C17H18N2O3/c20-11-12-4-6-15(7-5-12)22-17-16(18-8-9-19-17)13-2-1-3-14(21)10-13/h4-9,11,13-14,21H,1-3,10H2.